The number of amides is 1. The number of carbonyl (C=O) groups excluding carboxylic acids is 2. The number of fused-ring (bicyclic) bond motifs is 1. The Hall–Kier alpha value is -3.40. The Bertz CT molecular complexity index is 1210. The van der Waals surface area contributed by atoms with Crippen molar-refractivity contribution in [2.45, 2.75) is 38.3 Å². The van der Waals surface area contributed by atoms with Crippen LogP contribution in [0.4, 0.5) is 13.2 Å². The van der Waals surface area contributed by atoms with Crippen molar-refractivity contribution in [2.24, 2.45) is 9.98 Å². The fourth-order valence-corrected chi connectivity index (χ4v) is 4.56. The molecule has 3 heterocycles. The molecule has 3 aliphatic heterocycles. The van der Waals surface area contributed by atoms with E-state index in [4.69, 9.17) is 21.3 Å². The van der Waals surface area contributed by atoms with Crippen molar-refractivity contribution in [1.82, 2.24) is 10.2 Å². The Morgan fingerprint density at radius 1 is 1.37 bits per heavy atom. The molecule has 1 amide bonds. The molecular weight excluding hydrogens is 485 g/mol. The first-order chi connectivity index (χ1) is 16.7. The Kier molecular flexibility index (Phi) is 7.11. The summed E-state index contributed by atoms with van der Waals surface area (Å²) >= 11 is 6.35. The maximum Gasteiger partial charge on any atom is 0.338 e. The number of amidine groups is 1. The maximum atomic E-state index is 13.8. The number of carbonyl (C=O) groups is 2. The first-order valence-electron chi connectivity index (χ1n) is 10.9. The predicted octanol–water partition coefficient (Wildman–Crippen LogP) is 4.12. The van der Waals surface area contributed by atoms with E-state index in [1.807, 2.05) is 0 Å². The summed E-state index contributed by atoms with van der Waals surface area (Å²) in [7, 11) is 0. The van der Waals surface area contributed by atoms with Crippen molar-refractivity contribution in [3.63, 3.8) is 0 Å². The molecule has 1 saturated heterocycles. The van der Waals surface area contributed by atoms with E-state index in [2.05, 4.69) is 16.9 Å². The summed E-state index contributed by atoms with van der Waals surface area (Å²) in [5, 5.41) is 2.37. The van der Waals surface area contributed by atoms with E-state index >= 15 is 0 Å². The molecule has 35 heavy (non-hydrogen) atoms. The molecule has 1 aromatic carbocycles. The van der Waals surface area contributed by atoms with Gasteiger partial charge in [0.05, 0.1) is 23.9 Å². The highest BCUT2D eigenvalue weighted by atomic mass is 35.5. The Balaban J connectivity index is 1.86. The lowest BCUT2D eigenvalue weighted by Crippen LogP contribution is -2.43. The van der Waals surface area contributed by atoms with Crippen LogP contribution < -0.4 is 5.32 Å². The number of benzene rings is 1. The number of allylic oxidation sites excluding steroid dienone is 2. The molecule has 0 bridgehead atoms. The molecule has 0 radical (unpaired) electrons. The van der Waals surface area contributed by atoms with Crippen molar-refractivity contribution in [2.75, 3.05) is 13.2 Å². The van der Waals surface area contributed by atoms with Gasteiger partial charge in [-0.25, -0.2) is 9.18 Å². The standard InChI is InChI=1S/C24H22ClF3N4O3/c1-3-35-24(34)19-18-10-14(30-23(33)21(27)28)11-32(18)22(17-8-12(2)6-7-29-17)31-20(19)15-5-4-13(26)9-16(15)25/h4-7,9,14,20-21H,2-3,8,10-11H2,1H3,(H,30,33)/t14-,20-/m0/s1. The molecule has 0 aromatic heterocycles. The van der Waals surface area contributed by atoms with E-state index in [1.165, 1.54) is 12.1 Å². The zero-order valence-corrected chi connectivity index (χ0v) is 19.5. The third kappa shape index (κ3) is 5.02. The highest BCUT2D eigenvalue weighted by molar-refractivity contribution is 6.43. The molecule has 2 atom stereocenters. The Morgan fingerprint density at radius 2 is 2.14 bits per heavy atom. The van der Waals surface area contributed by atoms with Gasteiger partial charge in [-0.05, 0) is 30.7 Å². The second-order valence-corrected chi connectivity index (χ2v) is 8.56. The van der Waals surface area contributed by atoms with Gasteiger partial charge in [0, 0.05) is 41.9 Å². The largest absolute Gasteiger partial charge is 0.463 e. The monoisotopic (exact) mass is 506 g/mol. The molecular formula is C24H22ClF3N4O3. The highest BCUT2D eigenvalue weighted by Gasteiger charge is 2.43. The first-order valence-corrected chi connectivity index (χ1v) is 11.3. The number of nitrogens with zero attached hydrogens (tertiary/aromatic N) is 3. The van der Waals surface area contributed by atoms with Crippen LogP contribution in [0.5, 0.6) is 0 Å². The highest BCUT2D eigenvalue weighted by Crippen LogP contribution is 2.42. The summed E-state index contributed by atoms with van der Waals surface area (Å²) in [6, 6.07) is 2.08. The van der Waals surface area contributed by atoms with Crippen LogP contribution in [-0.4, -0.2) is 53.9 Å². The second kappa shape index (κ2) is 10.1. The zero-order chi connectivity index (χ0) is 25.3. The van der Waals surface area contributed by atoms with E-state index in [-0.39, 0.29) is 30.2 Å². The van der Waals surface area contributed by atoms with Crippen LogP contribution >= 0.6 is 11.6 Å². The van der Waals surface area contributed by atoms with Gasteiger partial charge in [0.15, 0.2) is 5.84 Å². The number of aliphatic imine (C=N–C) groups is 2. The minimum absolute atomic E-state index is 0.0596. The van der Waals surface area contributed by atoms with E-state index in [0.29, 0.717) is 29.2 Å². The molecule has 0 spiro atoms. The number of hydrogen-bond acceptors (Lipinski definition) is 6. The molecule has 0 saturated carbocycles. The number of esters is 1. The van der Waals surface area contributed by atoms with Crippen LogP contribution in [0.15, 0.2) is 63.9 Å². The van der Waals surface area contributed by atoms with Crippen LogP contribution in [0.1, 0.15) is 31.4 Å². The van der Waals surface area contributed by atoms with Crippen molar-refractivity contribution in [1.29, 1.82) is 0 Å². The fraction of sp³-hybridized carbons (Fsp3) is 0.333. The number of rotatable bonds is 6. The van der Waals surface area contributed by atoms with Crippen molar-refractivity contribution >= 4 is 35.0 Å². The van der Waals surface area contributed by atoms with E-state index in [1.54, 1.807) is 24.1 Å². The normalized spacial score (nSPS) is 21.7. The van der Waals surface area contributed by atoms with E-state index in [0.717, 1.165) is 11.6 Å². The minimum atomic E-state index is -3.18. The lowest BCUT2D eigenvalue weighted by atomic mass is 9.93. The third-order valence-corrected chi connectivity index (χ3v) is 6.08. The third-order valence-electron chi connectivity index (χ3n) is 5.75. The van der Waals surface area contributed by atoms with Gasteiger partial charge in [-0.1, -0.05) is 24.2 Å². The molecule has 4 rings (SSSR count). The van der Waals surface area contributed by atoms with Gasteiger partial charge in [-0.3, -0.25) is 14.8 Å². The van der Waals surface area contributed by atoms with Gasteiger partial charge in [-0.2, -0.15) is 8.78 Å². The average Bonchev–Trinajstić information content (AvgIpc) is 3.21. The molecule has 3 aliphatic rings. The van der Waals surface area contributed by atoms with Gasteiger partial charge in [-0.15, -0.1) is 0 Å². The smallest absolute Gasteiger partial charge is 0.338 e. The van der Waals surface area contributed by atoms with Gasteiger partial charge in [0.2, 0.25) is 0 Å². The van der Waals surface area contributed by atoms with Crippen molar-refractivity contribution < 1.29 is 27.5 Å². The summed E-state index contributed by atoms with van der Waals surface area (Å²) < 4.78 is 44.9. The Morgan fingerprint density at radius 3 is 2.80 bits per heavy atom. The number of alkyl halides is 2. The summed E-state index contributed by atoms with van der Waals surface area (Å²) in [6.45, 7) is 5.78. The number of halogens is 4. The van der Waals surface area contributed by atoms with Crippen molar-refractivity contribution in [3.8, 4) is 0 Å². The van der Waals surface area contributed by atoms with Crippen LogP contribution in [0, 0.1) is 5.82 Å². The molecule has 0 aliphatic carbocycles. The topological polar surface area (TPSA) is 83.4 Å². The first kappa shape index (κ1) is 24.7. The summed E-state index contributed by atoms with van der Waals surface area (Å²) in [6.07, 6.45) is 0.579. The summed E-state index contributed by atoms with van der Waals surface area (Å²) in [4.78, 5) is 35.7. The summed E-state index contributed by atoms with van der Waals surface area (Å²) in [5.41, 5.74) is 2.27. The van der Waals surface area contributed by atoms with Crippen LogP contribution in [0.25, 0.3) is 0 Å². The average molecular weight is 507 g/mol. The lowest BCUT2D eigenvalue weighted by molar-refractivity contribution is -0.139. The number of hydrogen-bond donors (Lipinski definition) is 1. The van der Waals surface area contributed by atoms with Gasteiger partial charge < -0.3 is 15.0 Å². The minimum Gasteiger partial charge on any atom is -0.463 e. The predicted molar refractivity (Wildman–Crippen MR) is 125 cm³/mol. The zero-order valence-electron chi connectivity index (χ0n) is 18.7. The van der Waals surface area contributed by atoms with E-state index in [9.17, 15) is 22.8 Å². The van der Waals surface area contributed by atoms with Gasteiger partial charge in [0.25, 0.3) is 5.91 Å². The van der Waals surface area contributed by atoms with Crippen LogP contribution in [0.3, 0.4) is 0 Å². The molecule has 1 fully saturated rings. The lowest BCUT2D eigenvalue weighted by Gasteiger charge is -2.33. The molecule has 11 heteroatoms. The van der Waals surface area contributed by atoms with Gasteiger partial charge in [0.1, 0.15) is 11.9 Å². The Labute approximate surface area is 204 Å². The fourth-order valence-electron chi connectivity index (χ4n) is 4.29. The van der Waals surface area contributed by atoms with Gasteiger partial charge >= 0.3 is 12.4 Å². The molecule has 1 N–H and O–H groups in total. The molecule has 1 aromatic rings. The molecule has 0 unspecified atom stereocenters. The second-order valence-electron chi connectivity index (χ2n) is 8.15. The quantitative estimate of drug-likeness (QED) is 0.588. The van der Waals surface area contributed by atoms with Crippen LogP contribution in [-0.2, 0) is 14.3 Å². The van der Waals surface area contributed by atoms with Crippen molar-refractivity contribution in [3.05, 3.63) is 70.3 Å². The molecule has 7 nitrogen and oxygen atoms in total. The summed E-state index contributed by atoms with van der Waals surface area (Å²) in [5.74, 6) is -2.25. The number of ether oxygens (including phenoxy) is 1. The SMILES string of the molecule is C=C1C=CN=C(C2=N[C@@H](c3ccc(F)cc3Cl)C(C(=O)OCC)=C3C[C@H](NC(=O)C(F)F)CN23)C1. The number of nitrogens with one attached hydrogen (secondary N) is 1. The van der Waals surface area contributed by atoms with Crippen LogP contribution in [0.2, 0.25) is 5.02 Å². The molecule has 184 valence electrons. The maximum absolute atomic E-state index is 13.8. The van der Waals surface area contributed by atoms with E-state index < -0.39 is 36.2 Å².